The van der Waals surface area contributed by atoms with Gasteiger partial charge in [-0.05, 0) is 55.7 Å². The third-order valence-corrected chi connectivity index (χ3v) is 7.57. The highest BCUT2D eigenvalue weighted by atomic mass is 32.2. The number of thiazole rings is 1. The van der Waals surface area contributed by atoms with E-state index in [0.717, 1.165) is 15.8 Å². The van der Waals surface area contributed by atoms with Crippen molar-refractivity contribution in [1.29, 1.82) is 0 Å². The zero-order chi connectivity index (χ0) is 26.8. The topological polar surface area (TPSA) is 184 Å². The number of urea groups is 1. The predicted molar refractivity (Wildman–Crippen MR) is 146 cm³/mol. The van der Waals surface area contributed by atoms with Crippen LogP contribution in [-0.4, -0.2) is 56.1 Å². The second-order valence-electron chi connectivity index (χ2n) is 8.56. The number of benzene rings is 1. The number of aliphatic hydroxyl groups is 1. The summed E-state index contributed by atoms with van der Waals surface area (Å²) in [5.74, 6) is 0.225. The van der Waals surface area contributed by atoms with Crippen LogP contribution in [0.15, 0.2) is 56.8 Å². The largest absolute Gasteiger partial charge is 0.395 e. The lowest BCUT2D eigenvalue weighted by Crippen LogP contribution is -2.30. The molecular weight excluding hydrogens is 516 g/mol. The first-order valence-corrected chi connectivity index (χ1v) is 14.1. The van der Waals surface area contributed by atoms with Crippen LogP contribution in [0.1, 0.15) is 44.6 Å². The molecule has 14 heteroatoms. The van der Waals surface area contributed by atoms with Crippen LogP contribution in [0.5, 0.6) is 0 Å². The van der Waals surface area contributed by atoms with Crippen molar-refractivity contribution in [1.82, 2.24) is 15.0 Å². The van der Waals surface area contributed by atoms with E-state index >= 15 is 0 Å². The molecule has 0 fully saturated rings. The minimum atomic E-state index is -3.68. The van der Waals surface area contributed by atoms with Gasteiger partial charge in [-0.2, -0.15) is 5.11 Å². The Kier molecular flexibility index (Phi) is 10.3. The molecule has 3 rings (SSSR count). The number of nitrogens with two attached hydrogens (primary N) is 1. The number of allylic oxidation sites excluding steroid dienone is 3. The summed E-state index contributed by atoms with van der Waals surface area (Å²) in [5, 5.41) is 26.2. The number of carbonyl (C=O) groups excluding carboxylic acids is 1. The molecule has 0 bridgehead atoms. The molecule has 2 amide bonds. The van der Waals surface area contributed by atoms with Crippen LogP contribution >= 0.6 is 11.3 Å². The van der Waals surface area contributed by atoms with Gasteiger partial charge in [0.15, 0.2) is 5.13 Å². The van der Waals surface area contributed by atoms with Crippen LogP contribution in [0.3, 0.4) is 0 Å². The number of rotatable bonds is 12. The number of anilines is 1. The van der Waals surface area contributed by atoms with Gasteiger partial charge in [-0.25, -0.2) is 22.9 Å². The quantitative estimate of drug-likeness (QED) is 0.0892. The molecule has 200 valence electrons. The van der Waals surface area contributed by atoms with Crippen molar-refractivity contribution in [3.8, 4) is 0 Å². The molecule has 12 nitrogen and oxygen atoms in total. The van der Waals surface area contributed by atoms with E-state index in [4.69, 9.17) is 10.8 Å². The number of amidine groups is 1. The van der Waals surface area contributed by atoms with E-state index < -0.39 is 10.0 Å². The standard InChI is InChI=1S/C23H32N8O4S2/c1-15(2)29-31-30-21(24)7-4-10-25-22(33)28-23-27-19-9-8-17(14-20(19)36-23)16-5-3-6-18(13-16)37(34,35)26-11-12-32/h3,6,8-9,13-16,26,32H,4-5,7,10-12H2,1-2H3,(H2,24,29,30)(H2,25,27,28,33). The Morgan fingerprint density at radius 1 is 1.32 bits per heavy atom. The van der Waals surface area contributed by atoms with Gasteiger partial charge in [-0.15, -0.1) is 5.10 Å². The van der Waals surface area contributed by atoms with Gasteiger partial charge in [-0.3, -0.25) is 5.32 Å². The van der Waals surface area contributed by atoms with Gasteiger partial charge < -0.3 is 16.2 Å². The second-order valence-corrected chi connectivity index (χ2v) is 11.4. The van der Waals surface area contributed by atoms with Crippen molar-refractivity contribution in [3.05, 3.63) is 46.9 Å². The molecule has 1 heterocycles. The fourth-order valence-corrected chi connectivity index (χ4v) is 5.46. The highest BCUT2D eigenvalue weighted by molar-refractivity contribution is 7.93. The first kappa shape index (κ1) is 28.4. The third-order valence-electron chi connectivity index (χ3n) is 5.16. The number of nitrogens with zero attached hydrogens (tertiary/aromatic N) is 4. The van der Waals surface area contributed by atoms with Crippen LogP contribution in [0.2, 0.25) is 0 Å². The molecule has 2 aromatic rings. The Bertz CT molecular complexity index is 1320. The van der Waals surface area contributed by atoms with E-state index in [1.54, 1.807) is 12.2 Å². The maximum Gasteiger partial charge on any atom is 0.321 e. The molecule has 0 saturated heterocycles. The summed E-state index contributed by atoms with van der Waals surface area (Å²) in [4.78, 5) is 16.9. The van der Waals surface area contributed by atoms with E-state index in [0.29, 0.717) is 36.8 Å². The Balaban J connectivity index is 1.56. The average Bonchev–Trinajstić information content (AvgIpc) is 3.26. The summed E-state index contributed by atoms with van der Waals surface area (Å²) in [5.41, 5.74) is 7.44. The van der Waals surface area contributed by atoms with Gasteiger partial charge >= 0.3 is 6.03 Å². The average molecular weight is 549 g/mol. The molecule has 1 aliphatic rings. The highest BCUT2D eigenvalue weighted by Gasteiger charge is 2.21. The monoisotopic (exact) mass is 548 g/mol. The molecule has 1 aromatic heterocycles. The first-order chi connectivity index (χ1) is 17.7. The van der Waals surface area contributed by atoms with Crippen molar-refractivity contribution in [2.75, 3.05) is 25.0 Å². The van der Waals surface area contributed by atoms with Gasteiger partial charge in [0.1, 0.15) is 5.84 Å². The Morgan fingerprint density at radius 3 is 2.89 bits per heavy atom. The van der Waals surface area contributed by atoms with Crippen molar-refractivity contribution < 1.29 is 18.3 Å². The maximum atomic E-state index is 12.4. The summed E-state index contributed by atoms with van der Waals surface area (Å²) in [6.45, 7) is 3.86. The number of nitrogens with one attached hydrogen (secondary N) is 3. The van der Waals surface area contributed by atoms with Crippen LogP contribution in [0.25, 0.3) is 10.2 Å². The molecule has 37 heavy (non-hydrogen) atoms. The van der Waals surface area contributed by atoms with Crippen LogP contribution < -0.4 is 21.1 Å². The Hall–Kier alpha value is -3.20. The van der Waals surface area contributed by atoms with E-state index in [-0.39, 0.29) is 36.0 Å². The van der Waals surface area contributed by atoms with Gasteiger partial charge in [0.25, 0.3) is 0 Å². The lowest BCUT2D eigenvalue weighted by Gasteiger charge is -2.17. The second kappa shape index (κ2) is 13.4. The molecule has 1 aromatic carbocycles. The SMILES string of the molecule is CC(C)N=NN=C(N)CCCNC(=O)Nc1nc2ccc(C3C=C(S(=O)(=O)NCCO)C=CC3)cc2s1. The van der Waals surface area contributed by atoms with E-state index in [2.05, 4.69) is 35.8 Å². The number of hydrogen-bond donors (Lipinski definition) is 5. The maximum absolute atomic E-state index is 12.4. The number of carbonyl (C=O) groups is 1. The minimum absolute atomic E-state index is 0.0398. The minimum Gasteiger partial charge on any atom is -0.395 e. The molecule has 1 unspecified atom stereocenters. The fraction of sp³-hybridized carbons (Fsp3) is 0.435. The van der Waals surface area contributed by atoms with Gasteiger partial charge in [0.05, 0.1) is 27.8 Å². The fourth-order valence-electron chi connectivity index (χ4n) is 3.40. The molecule has 0 radical (unpaired) electrons. The normalized spacial score (nSPS) is 16.5. The lowest BCUT2D eigenvalue weighted by molar-refractivity contribution is 0.252. The predicted octanol–water partition coefficient (Wildman–Crippen LogP) is 3.17. The first-order valence-electron chi connectivity index (χ1n) is 11.8. The smallest absolute Gasteiger partial charge is 0.321 e. The molecule has 0 aliphatic heterocycles. The van der Waals surface area contributed by atoms with E-state index in [1.807, 2.05) is 38.1 Å². The lowest BCUT2D eigenvalue weighted by atomic mass is 9.92. The van der Waals surface area contributed by atoms with Gasteiger partial charge in [-0.1, -0.05) is 29.6 Å². The third kappa shape index (κ3) is 8.70. The summed E-state index contributed by atoms with van der Waals surface area (Å²) in [6, 6.07) is 5.40. The number of sulfonamides is 1. The number of aromatic nitrogens is 1. The Labute approximate surface area is 219 Å². The molecule has 1 atom stereocenters. The van der Waals surface area contributed by atoms with E-state index in [9.17, 15) is 13.2 Å². The zero-order valence-corrected chi connectivity index (χ0v) is 22.3. The van der Waals surface area contributed by atoms with Crippen molar-refractivity contribution in [2.45, 2.75) is 45.1 Å². The Morgan fingerprint density at radius 2 is 2.14 bits per heavy atom. The van der Waals surface area contributed by atoms with E-state index in [1.165, 1.54) is 11.3 Å². The van der Waals surface area contributed by atoms with Crippen LogP contribution in [0.4, 0.5) is 9.93 Å². The molecule has 6 N–H and O–H groups in total. The summed E-state index contributed by atoms with van der Waals surface area (Å²) >= 11 is 1.33. The number of fused-ring (bicyclic) bond motifs is 1. The molecule has 0 spiro atoms. The highest BCUT2D eigenvalue weighted by Crippen LogP contribution is 2.33. The van der Waals surface area contributed by atoms with Gasteiger partial charge in [0, 0.05) is 25.4 Å². The number of hydrogen-bond acceptors (Lipinski definition) is 8. The van der Waals surface area contributed by atoms with Gasteiger partial charge in [0.2, 0.25) is 10.0 Å². The summed E-state index contributed by atoms with van der Waals surface area (Å²) < 4.78 is 28.1. The van der Waals surface area contributed by atoms with Crippen molar-refractivity contribution >= 4 is 48.6 Å². The number of amides is 2. The summed E-state index contributed by atoms with van der Waals surface area (Å²) in [7, 11) is -3.68. The van der Waals surface area contributed by atoms with Crippen molar-refractivity contribution in [3.63, 3.8) is 0 Å². The molecule has 1 aliphatic carbocycles. The van der Waals surface area contributed by atoms with Crippen LogP contribution in [0, 0.1) is 0 Å². The zero-order valence-electron chi connectivity index (χ0n) is 20.7. The molecule has 0 saturated carbocycles. The number of aliphatic hydroxyl groups excluding tert-OH is 1. The summed E-state index contributed by atoms with van der Waals surface area (Å²) in [6.07, 6.45) is 6.83. The van der Waals surface area contributed by atoms with Crippen molar-refractivity contribution in [2.24, 2.45) is 21.2 Å². The van der Waals surface area contributed by atoms with Crippen LogP contribution in [-0.2, 0) is 10.0 Å². The molecular formula is C23H32N8O4S2.